The van der Waals surface area contributed by atoms with Gasteiger partial charge < -0.3 is 10.8 Å². The van der Waals surface area contributed by atoms with Gasteiger partial charge in [0.05, 0.1) is 6.07 Å². The summed E-state index contributed by atoms with van der Waals surface area (Å²) >= 11 is 0. The van der Waals surface area contributed by atoms with Crippen molar-refractivity contribution in [2.24, 2.45) is 28.9 Å². The molecule has 2 saturated carbocycles. The topological polar surface area (TPSA) is 87.1 Å². The standard InChI is InChI=1S/C11H16N2O2/c12-4-3-11-2-1-7(5-11)8(6-14)9(11)10(13)15/h7-9,14H,1-3,5-6H2,(H2,13,15). The van der Waals surface area contributed by atoms with E-state index < -0.39 is 0 Å². The number of nitrogens with zero attached hydrogens (tertiary/aromatic N) is 1. The van der Waals surface area contributed by atoms with Crippen molar-refractivity contribution in [1.82, 2.24) is 0 Å². The molecule has 4 nitrogen and oxygen atoms in total. The van der Waals surface area contributed by atoms with Gasteiger partial charge in [0.2, 0.25) is 5.91 Å². The Morgan fingerprint density at radius 2 is 2.40 bits per heavy atom. The van der Waals surface area contributed by atoms with Gasteiger partial charge in [0.15, 0.2) is 0 Å². The number of aliphatic hydroxyl groups excluding tert-OH is 1. The molecule has 4 atom stereocenters. The smallest absolute Gasteiger partial charge is 0.221 e. The average molecular weight is 208 g/mol. The molecule has 4 unspecified atom stereocenters. The highest BCUT2D eigenvalue weighted by Crippen LogP contribution is 2.61. The normalized spacial score (nSPS) is 42.8. The Balaban J connectivity index is 2.31. The van der Waals surface area contributed by atoms with E-state index in [0.29, 0.717) is 12.3 Å². The predicted octanol–water partition coefficient (Wildman–Crippen LogP) is 0.410. The zero-order chi connectivity index (χ0) is 11.1. The second-order valence-electron chi connectivity index (χ2n) is 4.93. The molecule has 0 aliphatic heterocycles. The number of hydrogen-bond acceptors (Lipinski definition) is 3. The van der Waals surface area contributed by atoms with Gasteiger partial charge in [-0.15, -0.1) is 0 Å². The molecule has 15 heavy (non-hydrogen) atoms. The van der Waals surface area contributed by atoms with Crippen molar-refractivity contribution in [2.75, 3.05) is 6.61 Å². The summed E-state index contributed by atoms with van der Waals surface area (Å²) in [6, 6.07) is 2.17. The number of hydrogen-bond donors (Lipinski definition) is 2. The third-order valence-electron chi connectivity index (χ3n) is 4.32. The summed E-state index contributed by atoms with van der Waals surface area (Å²) in [5, 5.41) is 18.1. The fourth-order valence-corrected chi connectivity index (χ4v) is 3.77. The maximum Gasteiger partial charge on any atom is 0.221 e. The second-order valence-corrected chi connectivity index (χ2v) is 4.93. The number of carbonyl (C=O) groups excluding carboxylic acids is 1. The number of nitrogens with two attached hydrogens (primary N) is 1. The number of primary amides is 1. The molecule has 2 fully saturated rings. The summed E-state index contributed by atoms with van der Waals surface area (Å²) in [4.78, 5) is 11.4. The Labute approximate surface area is 89.1 Å². The minimum atomic E-state index is -0.341. The Kier molecular flexibility index (Phi) is 2.43. The highest BCUT2D eigenvalue weighted by Gasteiger charge is 2.59. The molecule has 0 radical (unpaired) electrons. The van der Waals surface area contributed by atoms with Crippen molar-refractivity contribution in [3.8, 4) is 6.07 Å². The first kappa shape index (κ1) is 10.4. The SMILES string of the molecule is N#CCC12CCC(C1)C(CO)C2C(N)=O. The molecule has 0 aromatic rings. The Morgan fingerprint density at radius 1 is 1.67 bits per heavy atom. The van der Waals surface area contributed by atoms with E-state index in [1.54, 1.807) is 0 Å². The minimum absolute atomic E-state index is 0.00963. The number of carbonyl (C=O) groups is 1. The lowest BCUT2D eigenvalue weighted by atomic mass is 9.68. The van der Waals surface area contributed by atoms with Crippen molar-refractivity contribution in [1.29, 1.82) is 5.26 Å². The molecule has 0 saturated heterocycles. The van der Waals surface area contributed by atoms with Gasteiger partial charge in [-0.2, -0.15) is 5.26 Å². The molecule has 2 bridgehead atoms. The maximum absolute atomic E-state index is 11.4. The van der Waals surface area contributed by atoms with E-state index in [2.05, 4.69) is 6.07 Å². The van der Waals surface area contributed by atoms with Crippen molar-refractivity contribution in [2.45, 2.75) is 25.7 Å². The molecule has 2 aliphatic carbocycles. The Morgan fingerprint density at radius 3 is 2.93 bits per heavy atom. The van der Waals surface area contributed by atoms with Crippen LogP contribution < -0.4 is 5.73 Å². The van der Waals surface area contributed by atoms with Gasteiger partial charge >= 0.3 is 0 Å². The Bertz CT molecular complexity index is 323. The van der Waals surface area contributed by atoms with Crippen LogP contribution in [0.4, 0.5) is 0 Å². The van der Waals surface area contributed by atoms with Crippen molar-refractivity contribution in [3.63, 3.8) is 0 Å². The lowest BCUT2D eigenvalue weighted by molar-refractivity contribution is -0.128. The number of nitriles is 1. The van der Waals surface area contributed by atoms with Gasteiger partial charge in [-0.25, -0.2) is 0 Å². The zero-order valence-electron chi connectivity index (χ0n) is 8.65. The van der Waals surface area contributed by atoms with E-state index in [-0.39, 0.29) is 29.8 Å². The molecule has 0 aromatic heterocycles. The molecule has 3 N–H and O–H groups in total. The molecule has 0 aromatic carbocycles. The molecule has 2 aliphatic rings. The molecular formula is C11H16N2O2. The van der Waals surface area contributed by atoms with Crippen LogP contribution in [0.1, 0.15) is 25.7 Å². The van der Waals surface area contributed by atoms with Crippen LogP contribution >= 0.6 is 0 Å². The fourth-order valence-electron chi connectivity index (χ4n) is 3.77. The predicted molar refractivity (Wildman–Crippen MR) is 53.3 cm³/mol. The largest absolute Gasteiger partial charge is 0.396 e. The van der Waals surface area contributed by atoms with Gasteiger partial charge in [-0.1, -0.05) is 0 Å². The van der Waals surface area contributed by atoms with Crippen LogP contribution in [0.15, 0.2) is 0 Å². The number of aliphatic hydroxyl groups is 1. The summed E-state index contributed by atoms with van der Waals surface area (Å²) in [5.41, 5.74) is 5.18. The molecule has 82 valence electrons. The Hall–Kier alpha value is -1.08. The van der Waals surface area contributed by atoms with E-state index >= 15 is 0 Å². The molecule has 0 spiro atoms. The highest BCUT2D eigenvalue weighted by molar-refractivity contribution is 5.78. The van der Waals surface area contributed by atoms with Crippen LogP contribution in [0.25, 0.3) is 0 Å². The summed E-state index contributed by atoms with van der Waals surface area (Å²) in [5.74, 6) is -0.252. The van der Waals surface area contributed by atoms with Crippen LogP contribution in [0.2, 0.25) is 0 Å². The first-order valence-electron chi connectivity index (χ1n) is 5.42. The third kappa shape index (κ3) is 1.34. The summed E-state index contributed by atoms with van der Waals surface area (Å²) in [6.07, 6.45) is 3.22. The van der Waals surface area contributed by atoms with E-state index in [4.69, 9.17) is 11.0 Å². The zero-order valence-corrected chi connectivity index (χ0v) is 8.65. The number of amides is 1. The third-order valence-corrected chi connectivity index (χ3v) is 4.32. The van der Waals surface area contributed by atoms with Crippen LogP contribution in [0.5, 0.6) is 0 Å². The molecule has 0 heterocycles. The van der Waals surface area contributed by atoms with Crippen LogP contribution in [0.3, 0.4) is 0 Å². The average Bonchev–Trinajstić information content (AvgIpc) is 2.71. The van der Waals surface area contributed by atoms with Gasteiger partial charge in [0, 0.05) is 18.9 Å². The molecule has 2 rings (SSSR count). The quantitative estimate of drug-likeness (QED) is 0.704. The van der Waals surface area contributed by atoms with Gasteiger partial charge in [0.1, 0.15) is 0 Å². The van der Waals surface area contributed by atoms with Gasteiger partial charge in [-0.3, -0.25) is 4.79 Å². The van der Waals surface area contributed by atoms with Crippen LogP contribution in [-0.2, 0) is 4.79 Å². The van der Waals surface area contributed by atoms with Crippen molar-refractivity contribution >= 4 is 5.91 Å². The van der Waals surface area contributed by atoms with Gasteiger partial charge in [-0.05, 0) is 36.5 Å². The van der Waals surface area contributed by atoms with Crippen molar-refractivity contribution in [3.05, 3.63) is 0 Å². The lowest BCUT2D eigenvalue weighted by Gasteiger charge is -2.35. The fraction of sp³-hybridized carbons (Fsp3) is 0.818. The summed E-state index contributed by atoms with van der Waals surface area (Å²) in [7, 11) is 0. The molecular weight excluding hydrogens is 192 g/mol. The first-order chi connectivity index (χ1) is 7.14. The van der Waals surface area contributed by atoms with E-state index in [0.717, 1.165) is 19.3 Å². The number of rotatable bonds is 3. The van der Waals surface area contributed by atoms with E-state index in [9.17, 15) is 9.90 Å². The monoisotopic (exact) mass is 208 g/mol. The van der Waals surface area contributed by atoms with E-state index in [1.165, 1.54) is 0 Å². The second kappa shape index (κ2) is 3.49. The van der Waals surface area contributed by atoms with Crippen LogP contribution in [0, 0.1) is 34.5 Å². The number of fused-ring (bicyclic) bond motifs is 2. The van der Waals surface area contributed by atoms with E-state index in [1.807, 2.05) is 0 Å². The summed E-state index contributed by atoms with van der Waals surface area (Å²) < 4.78 is 0. The highest BCUT2D eigenvalue weighted by atomic mass is 16.3. The summed E-state index contributed by atoms with van der Waals surface area (Å²) in [6.45, 7) is 0.0193. The lowest BCUT2D eigenvalue weighted by Crippen LogP contribution is -2.41. The molecule has 4 heteroatoms. The van der Waals surface area contributed by atoms with Crippen molar-refractivity contribution < 1.29 is 9.90 Å². The first-order valence-corrected chi connectivity index (χ1v) is 5.42. The molecule has 1 amide bonds. The van der Waals surface area contributed by atoms with Crippen LogP contribution in [-0.4, -0.2) is 17.6 Å². The van der Waals surface area contributed by atoms with Gasteiger partial charge in [0.25, 0.3) is 0 Å². The minimum Gasteiger partial charge on any atom is -0.396 e. The maximum atomic E-state index is 11.4.